The highest BCUT2D eigenvalue weighted by Crippen LogP contribution is 2.26. The first-order valence-corrected chi connectivity index (χ1v) is 6.67. The quantitative estimate of drug-likeness (QED) is 0.840. The van der Waals surface area contributed by atoms with Crippen LogP contribution in [0.25, 0.3) is 0 Å². The van der Waals surface area contributed by atoms with Crippen molar-refractivity contribution in [3.8, 4) is 0 Å². The Balaban J connectivity index is 1.76. The van der Waals surface area contributed by atoms with E-state index in [-0.39, 0.29) is 5.91 Å². The molecular formula is C13H18N4O. The Morgan fingerprint density at radius 3 is 3.00 bits per heavy atom. The normalized spacial score (nSPS) is 27.7. The van der Waals surface area contributed by atoms with Gasteiger partial charge in [-0.1, -0.05) is 0 Å². The predicted molar refractivity (Wildman–Crippen MR) is 67.1 cm³/mol. The summed E-state index contributed by atoms with van der Waals surface area (Å²) in [6.07, 6.45) is 7.75. The summed E-state index contributed by atoms with van der Waals surface area (Å²) in [4.78, 5) is 14.5. The van der Waals surface area contributed by atoms with Gasteiger partial charge in [0.2, 0.25) is 0 Å². The molecule has 2 saturated heterocycles. The summed E-state index contributed by atoms with van der Waals surface area (Å²) in [5.41, 5.74) is 0.648. The lowest BCUT2D eigenvalue weighted by Gasteiger charge is -2.29. The van der Waals surface area contributed by atoms with Gasteiger partial charge in [-0.25, -0.2) is 0 Å². The molecule has 96 valence electrons. The Bertz CT molecular complexity index is 416. The lowest BCUT2D eigenvalue weighted by molar-refractivity contribution is 0.0710. The van der Waals surface area contributed by atoms with E-state index in [4.69, 9.17) is 0 Å². The van der Waals surface area contributed by atoms with Crippen molar-refractivity contribution in [1.82, 2.24) is 20.4 Å². The zero-order valence-corrected chi connectivity index (χ0v) is 10.4. The van der Waals surface area contributed by atoms with Crippen molar-refractivity contribution in [1.29, 1.82) is 0 Å². The van der Waals surface area contributed by atoms with E-state index < -0.39 is 0 Å². The van der Waals surface area contributed by atoms with Crippen LogP contribution in [0, 0.1) is 0 Å². The number of hydrogen-bond acceptors (Lipinski definition) is 4. The third kappa shape index (κ3) is 2.10. The van der Waals surface area contributed by atoms with Gasteiger partial charge in [0.25, 0.3) is 5.91 Å². The van der Waals surface area contributed by atoms with E-state index in [1.807, 2.05) is 4.90 Å². The maximum Gasteiger partial charge on any atom is 0.255 e. The number of amides is 1. The standard InChI is InChI=1S/C13H18N4O/c18-13(10-5-7-15-16-9-10)17-8-2-4-12(17)11-3-1-6-14-11/h5,7,9,11-12,14H,1-4,6,8H2. The van der Waals surface area contributed by atoms with Crippen LogP contribution in [0.3, 0.4) is 0 Å². The minimum atomic E-state index is 0.0982. The predicted octanol–water partition coefficient (Wildman–Crippen LogP) is 0.833. The molecule has 2 unspecified atom stereocenters. The van der Waals surface area contributed by atoms with E-state index in [1.54, 1.807) is 18.5 Å². The molecular weight excluding hydrogens is 228 g/mol. The number of nitrogens with zero attached hydrogens (tertiary/aromatic N) is 3. The molecule has 3 heterocycles. The molecule has 0 bridgehead atoms. The van der Waals surface area contributed by atoms with Gasteiger partial charge in [0.1, 0.15) is 0 Å². The molecule has 0 aliphatic carbocycles. The maximum atomic E-state index is 12.4. The molecule has 5 nitrogen and oxygen atoms in total. The Hall–Kier alpha value is -1.49. The second-order valence-electron chi connectivity index (χ2n) is 5.04. The molecule has 5 heteroatoms. The highest BCUT2D eigenvalue weighted by molar-refractivity contribution is 5.94. The Kier molecular flexibility index (Phi) is 3.23. The molecule has 2 fully saturated rings. The molecule has 0 spiro atoms. The number of aromatic nitrogens is 2. The number of carbonyl (C=O) groups is 1. The topological polar surface area (TPSA) is 58.1 Å². The van der Waals surface area contributed by atoms with Crippen LogP contribution in [-0.2, 0) is 0 Å². The second-order valence-corrected chi connectivity index (χ2v) is 5.04. The molecule has 2 aliphatic rings. The van der Waals surface area contributed by atoms with Gasteiger partial charge in [0.15, 0.2) is 0 Å². The Morgan fingerprint density at radius 1 is 1.33 bits per heavy atom. The van der Waals surface area contributed by atoms with Gasteiger partial charge >= 0.3 is 0 Å². The first kappa shape index (κ1) is 11.6. The van der Waals surface area contributed by atoms with E-state index in [9.17, 15) is 4.79 Å². The molecule has 3 rings (SSSR count). The lowest BCUT2D eigenvalue weighted by atomic mass is 10.0. The molecule has 0 saturated carbocycles. The summed E-state index contributed by atoms with van der Waals surface area (Å²) in [5, 5.41) is 11.0. The molecule has 1 aromatic rings. The highest BCUT2D eigenvalue weighted by atomic mass is 16.2. The molecule has 2 atom stereocenters. The van der Waals surface area contributed by atoms with Crippen molar-refractivity contribution in [3.05, 3.63) is 24.0 Å². The van der Waals surface area contributed by atoms with Crippen LogP contribution in [0.5, 0.6) is 0 Å². The van der Waals surface area contributed by atoms with Gasteiger partial charge in [-0.3, -0.25) is 4.79 Å². The first-order valence-electron chi connectivity index (χ1n) is 6.67. The summed E-state index contributed by atoms with van der Waals surface area (Å²) in [6, 6.07) is 2.58. The van der Waals surface area contributed by atoms with Crippen molar-refractivity contribution in [3.63, 3.8) is 0 Å². The smallest absolute Gasteiger partial charge is 0.255 e. The zero-order chi connectivity index (χ0) is 12.4. The summed E-state index contributed by atoms with van der Waals surface area (Å²) >= 11 is 0. The van der Waals surface area contributed by atoms with Gasteiger partial charge in [-0.15, -0.1) is 0 Å². The fourth-order valence-electron chi connectivity index (χ4n) is 3.09. The van der Waals surface area contributed by atoms with Crippen LogP contribution in [-0.4, -0.2) is 46.2 Å². The number of carbonyl (C=O) groups excluding carboxylic acids is 1. The van der Waals surface area contributed by atoms with Crippen LogP contribution in [0.15, 0.2) is 18.5 Å². The molecule has 1 aromatic heterocycles. The number of likely N-dealkylation sites (tertiary alicyclic amines) is 1. The lowest BCUT2D eigenvalue weighted by Crippen LogP contribution is -2.46. The van der Waals surface area contributed by atoms with Crippen LogP contribution in [0.1, 0.15) is 36.0 Å². The fourth-order valence-corrected chi connectivity index (χ4v) is 3.09. The minimum absolute atomic E-state index is 0.0982. The molecule has 2 aliphatic heterocycles. The Labute approximate surface area is 107 Å². The van der Waals surface area contributed by atoms with Gasteiger partial charge in [-0.05, 0) is 38.3 Å². The first-order chi connectivity index (χ1) is 8.86. The van der Waals surface area contributed by atoms with Crippen molar-refractivity contribution >= 4 is 5.91 Å². The minimum Gasteiger partial charge on any atom is -0.334 e. The highest BCUT2D eigenvalue weighted by Gasteiger charge is 2.36. The van der Waals surface area contributed by atoms with E-state index in [0.717, 1.165) is 25.9 Å². The summed E-state index contributed by atoms with van der Waals surface area (Å²) in [6.45, 7) is 1.95. The van der Waals surface area contributed by atoms with Crippen molar-refractivity contribution < 1.29 is 4.79 Å². The van der Waals surface area contributed by atoms with Gasteiger partial charge in [0, 0.05) is 18.6 Å². The SMILES string of the molecule is O=C(c1ccnnc1)N1CCCC1C1CCCN1. The van der Waals surface area contributed by atoms with E-state index >= 15 is 0 Å². The molecule has 1 amide bonds. The zero-order valence-electron chi connectivity index (χ0n) is 10.4. The average Bonchev–Trinajstić information content (AvgIpc) is 3.09. The molecule has 0 aromatic carbocycles. The van der Waals surface area contributed by atoms with Crippen LogP contribution >= 0.6 is 0 Å². The monoisotopic (exact) mass is 246 g/mol. The fraction of sp³-hybridized carbons (Fsp3) is 0.615. The Morgan fingerprint density at radius 2 is 2.28 bits per heavy atom. The molecule has 18 heavy (non-hydrogen) atoms. The number of rotatable bonds is 2. The van der Waals surface area contributed by atoms with E-state index in [1.165, 1.54) is 12.8 Å². The van der Waals surface area contributed by atoms with E-state index in [0.29, 0.717) is 17.6 Å². The molecule has 1 N–H and O–H groups in total. The number of hydrogen-bond donors (Lipinski definition) is 1. The van der Waals surface area contributed by atoms with Crippen LogP contribution < -0.4 is 5.32 Å². The van der Waals surface area contributed by atoms with Gasteiger partial charge in [0.05, 0.1) is 18.0 Å². The summed E-state index contributed by atoms with van der Waals surface area (Å²) in [7, 11) is 0. The number of nitrogens with one attached hydrogen (secondary N) is 1. The van der Waals surface area contributed by atoms with Crippen molar-refractivity contribution in [2.45, 2.75) is 37.8 Å². The second kappa shape index (κ2) is 5.02. The van der Waals surface area contributed by atoms with E-state index in [2.05, 4.69) is 15.5 Å². The van der Waals surface area contributed by atoms with Crippen LogP contribution in [0.4, 0.5) is 0 Å². The summed E-state index contributed by atoms with van der Waals surface area (Å²) < 4.78 is 0. The third-order valence-corrected chi connectivity index (χ3v) is 3.95. The third-order valence-electron chi connectivity index (χ3n) is 3.95. The van der Waals surface area contributed by atoms with Gasteiger partial charge in [-0.2, -0.15) is 10.2 Å². The van der Waals surface area contributed by atoms with Crippen LogP contribution in [0.2, 0.25) is 0 Å². The van der Waals surface area contributed by atoms with Crippen molar-refractivity contribution in [2.24, 2.45) is 0 Å². The largest absolute Gasteiger partial charge is 0.334 e. The maximum absolute atomic E-state index is 12.4. The molecule has 0 radical (unpaired) electrons. The average molecular weight is 246 g/mol. The van der Waals surface area contributed by atoms with Crippen molar-refractivity contribution in [2.75, 3.05) is 13.1 Å². The summed E-state index contributed by atoms with van der Waals surface area (Å²) in [5.74, 6) is 0.0982. The van der Waals surface area contributed by atoms with Gasteiger partial charge < -0.3 is 10.2 Å².